The lowest BCUT2D eigenvalue weighted by molar-refractivity contribution is 0.0945. The highest BCUT2D eigenvalue weighted by Gasteiger charge is 2.46. The highest BCUT2D eigenvalue weighted by molar-refractivity contribution is 9.10. The predicted octanol–water partition coefficient (Wildman–Crippen LogP) is 1.93. The van der Waals surface area contributed by atoms with Crippen LogP contribution in [0.1, 0.15) is 36.2 Å². The molecule has 1 atom stereocenters. The van der Waals surface area contributed by atoms with E-state index in [1.54, 1.807) is 13.0 Å². The zero-order chi connectivity index (χ0) is 15.3. The maximum absolute atomic E-state index is 12.3. The molecule has 2 rings (SSSR count). The Balaban J connectivity index is 2.37. The van der Waals surface area contributed by atoms with Crippen LogP contribution in [0.5, 0.6) is 0 Å². The fourth-order valence-corrected chi connectivity index (χ4v) is 3.57. The van der Waals surface area contributed by atoms with Crippen LogP contribution in [-0.2, 0) is 10.0 Å². The first kappa shape index (κ1) is 15.5. The van der Waals surface area contributed by atoms with Crippen molar-refractivity contribution in [2.24, 2.45) is 10.6 Å². The summed E-state index contributed by atoms with van der Waals surface area (Å²) >= 11 is 3.21. The number of amides is 1. The average molecular weight is 361 g/mol. The Morgan fingerprint density at radius 2 is 2.00 bits per heavy atom. The maximum atomic E-state index is 12.3. The van der Waals surface area contributed by atoms with E-state index in [0.717, 1.165) is 6.42 Å². The van der Waals surface area contributed by atoms with Gasteiger partial charge in [0, 0.05) is 16.1 Å². The SMILES string of the molecule is Cc1c(C(=O)NC2CC2(C)C)cc(Br)cc1S(N)(=O)=O. The molecule has 0 aliphatic heterocycles. The molecule has 5 nitrogen and oxygen atoms in total. The molecule has 0 bridgehead atoms. The van der Waals surface area contributed by atoms with Crippen LogP contribution in [0.25, 0.3) is 0 Å². The summed E-state index contributed by atoms with van der Waals surface area (Å²) in [6.07, 6.45) is 0.924. The minimum atomic E-state index is -3.86. The predicted molar refractivity (Wildman–Crippen MR) is 79.9 cm³/mol. The molecule has 0 saturated heterocycles. The Morgan fingerprint density at radius 3 is 2.45 bits per heavy atom. The van der Waals surface area contributed by atoms with Crippen molar-refractivity contribution in [2.75, 3.05) is 0 Å². The molecule has 110 valence electrons. The number of nitrogens with one attached hydrogen (secondary N) is 1. The zero-order valence-electron chi connectivity index (χ0n) is 11.5. The van der Waals surface area contributed by atoms with Crippen LogP contribution < -0.4 is 10.5 Å². The molecule has 0 heterocycles. The van der Waals surface area contributed by atoms with E-state index in [0.29, 0.717) is 15.6 Å². The van der Waals surface area contributed by atoms with Gasteiger partial charge in [-0.25, -0.2) is 13.6 Å². The van der Waals surface area contributed by atoms with E-state index < -0.39 is 10.0 Å². The Morgan fingerprint density at radius 1 is 1.45 bits per heavy atom. The standard InChI is InChI=1S/C13H17BrN2O3S/c1-7-9(12(17)16-11-6-13(11,2)3)4-8(14)5-10(7)20(15,18)19/h4-5,11H,6H2,1-3H3,(H,16,17)(H2,15,18,19). The smallest absolute Gasteiger partial charge is 0.251 e. The lowest BCUT2D eigenvalue weighted by Gasteiger charge is -2.12. The minimum absolute atomic E-state index is 0.0351. The molecule has 1 aromatic rings. The van der Waals surface area contributed by atoms with Crippen LogP contribution >= 0.6 is 15.9 Å². The number of carbonyl (C=O) groups excluding carboxylic acids is 1. The van der Waals surface area contributed by atoms with Gasteiger partial charge in [0.1, 0.15) is 0 Å². The summed E-state index contributed by atoms with van der Waals surface area (Å²) in [5.74, 6) is -0.274. The maximum Gasteiger partial charge on any atom is 0.251 e. The first-order chi connectivity index (χ1) is 9.02. The van der Waals surface area contributed by atoms with Crippen molar-refractivity contribution >= 4 is 31.9 Å². The van der Waals surface area contributed by atoms with Crippen LogP contribution in [0, 0.1) is 12.3 Å². The Bertz CT molecular complexity index is 683. The molecule has 1 unspecified atom stereocenters. The van der Waals surface area contributed by atoms with Gasteiger partial charge in [0.15, 0.2) is 0 Å². The molecule has 1 aromatic carbocycles. The lowest BCUT2D eigenvalue weighted by atomic mass is 10.1. The number of hydrogen-bond donors (Lipinski definition) is 2. The van der Waals surface area contributed by atoms with Gasteiger partial charge in [-0.05, 0) is 36.5 Å². The van der Waals surface area contributed by atoms with Crippen molar-refractivity contribution in [3.05, 3.63) is 27.7 Å². The molecule has 3 N–H and O–H groups in total. The number of sulfonamides is 1. The molecule has 1 fully saturated rings. The normalized spacial score (nSPS) is 20.6. The molecule has 0 spiro atoms. The summed E-state index contributed by atoms with van der Waals surface area (Å²) in [6, 6.07) is 3.14. The first-order valence-corrected chi connectivity index (χ1v) is 8.50. The van der Waals surface area contributed by atoms with Gasteiger partial charge < -0.3 is 5.32 Å². The van der Waals surface area contributed by atoms with Crippen molar-refractivity contribution in [3.8, 4) is 0 Å². The summed E-state index contributed by atoms with van der Waals surface area (Å²) < 4.78 is 23.6. The van der Waals surface area contributed by atoms with E-state index in [2.05, 4.69) is 35.1 Å². The van der Waals surface area contributed by atoms with Gasteiger partial charge in [-0.3, -0.25) is 4.79 Å². The van der Waals surface area contributed by atoms with E-state index in [1.165, 1.54) is 6.07 Å². The van der Waals surface area contributed by atoms with Gasteiger partial charge in [0.05, 0.1) is 4.90 Å². The number of carbonyl (C=O) groups is 1. The van der Waals surface area contributed by atoms with E-state index in [9.17, 15) is 13.2 Å². The summed E-state index contributed by atoms with van der Waals surface area (Å²) in [5, 5.41) is 8.08. The lowest BCUT2D eigenvalue weighted by Crippen LogP contribution is -2.29. The molecule has 1 amide bonds. The Hall–Kier alpha value is -0.920. The van der Waals surface area contributed by atoms with Gasteiger partial charge in [-0.1, -0.05) is 29.8 Å². The Labute approximate surface area is 127 Å². The molecule has 7 heteroatoms. The topological polar surface area (TPSA) is 89.3 Å². The number of primary sulfonamides is 1. The van der Waals surface area contributed by atoms with E-state index in [1.807, 2.05) is 0 Å². The van der Waals surface area contributed by atoms with Gasteiger partial charge in [0.25, 0.3) is 5.91 Å². The molecule has 1 aliphatic rings. The summed E-state index contributed by atoms with van der Waals surface area (Å²) in [4.78, 5) is 12.2. The molecule has 1 aliphatic carbocycles. The zero-order valence-corrected chi connectivity index (χ0v) is 13.9. The average Bonchev–Trinajstić information content (AvgIpc) is 2.87. The van der Waals surface area contributed by atoms with Crippen LogP contribution in [-0.4, -0.2) is 20.4 Å². The van der Waals surface area contributed by atoms with Gasteiger partial charge >= 0.3 is 0 Å². The first-order valence-electron chi connectivity index (χ1n) is 6.16. The van der Waals surface area contributed by atoms with Crippen molar-refractivity contribution in [1.29, 1.82) is 0 Å². The second-order valence-electron chi connectivity index (χ2n) is 5.84. The van der Waals surface area contributed by atoms with Crippen molar-refractivity contribution in [1.82, 2.24) is 5.32 Å². The fraction of sp³-hybridized carbons (Fsp3) is 0.462. The molecular weight excluding hydrogens is 344 g/mol. The number of nitrogens with two attached hydrogens (primary N) is 1. The number of rotatable bonds is 3. The molecular formula is C13H17BrN2O3S. The largest absolute Gasteiger partial charge is 0.349 e. The minimum Gasteiger partial charge on any atom is -0.349 e. The van der Waals surface area contributed by atoms with Crippen molar-refractivity contribution in [2.45, 2.75) is 38.1 Å². The quantitative estimate of drug-likeness (QED) is 0.862. The van der Waals surface area contributed by atoms with Gasteiger partial charge in [-0.2, -0.15) is 0 Å². The third-order valence-corrected chi connectivity index (χ3v) is 5.19. The number of hydrogen-bond acceptors (Lipinski definition) is 3. The van der Waals surface area contributed by atoms with Crippen LogP contribution in [0.2, 0.25) is 0 Å². The number of benzene rings is 1. The van der Waals surface area contributed by atoms with Crippen molar-refractivity contribution < 1.29 is 13.2 Å². The van der Waals surface area contributed by atoms with E-state index in [4.69, 9.17) is 5.14 Å². The monoisotopic (exact) mass is 360 g/mol. The van der Waals surface area contributed by atoms with Crippen LogP contribution in [0.4, 0.5) is 0 Å². The third kappa shape index (κ3) is 3.05. The summed E-state index contributed by atoms with van der Waals surface area (Å²) in [7, 11) is -3.86. The second kappa shape index (κ2) is 4.82. The number of halogens is 1. The van der Waals surface area contributed by atoms with Gasteiger partial charge in [0.2, 0.25) is 10.0 Å². The van der Waals surface area contributed by atoms with Crippen molar-refractivity contribution in [3.63, 3.8) is 0 Å². The third-order valence-electron chi connectivity index (χ3n) is 3.69. The fourth-order valence-electron chi connectivity index (χ4n) is 2.13. The van der Waals surface area contributed by atoms with E-state index >= 15 is 0 Å². The van der Waals surface area contributed by atoms with Crippen LogP contribution in [0.3, 0.4) is 0 Å². The second-order valence-corrected chi connectivity index (χ2v) is 8.29. The summed E-state index contributed by atoms with van der Waals surface area (Å²) in [5.41, 5.74) is 0.802. The van der Waals surface area contributed by atoms with E-state index in [-0.39, 0.29) is 22.3 Å². The van der Waals surface area contributed by atoms with Crippen LogP contribution in [0.15, 0.2) is 21.5 Å². The highest BCUT2D eigenvalue weighted by Crippen LogP contribution is 2.44. The molecule has 0 aromatic heterocycles. The summed E-state index contributed by atoms with van der Waals surface area (Å²) in [6.45, 7) is 5.72. The highest BCUT2D eigenvalue weighted by atomic mass is 79.9. The Kier molecular flexibility index (Phi) is 3.73. The molecule has 20 heavy (non-hydrogen) atoms. The molecule has 0 radical (unpaired) electrons. The molecule has 1 saturated carbocycles. The van der Waals surface area contributed by atoms with Gasteiger partial charge in [-0.15, -0.1) is 0 Å².